The molecule has 0 unspecified atom stereocenters. The van der Waals surface area contributed by atoms with Gasteiger partial charge in [-0.2, -0.15) is 0 Å². The highest BCUT2D eigenvalue weighted by atomic mass is 16.5. The van der Waals surface area contributed by atoms with E-state index in [4.69, 9.17) is 4.74 Å². The lowest BCUT2D eigenvalue weighted by molar-refractivity contribution is 0.129. The summed E-state index contributed by atoms with van der Waals surface area (Å²) in [4.78, 5) is 0. The van der Waals surface area contributed by atoms with Crippen LogP contribution in [0, 0.1) is 13.8 Å². The molecular weight excluding hydrogens is 200 g/mol. The Morgan fingerprint density at radius 2 is 1.75 bits per heavy atom. The molecule has 0 amide bonds. The Morgan fingerprint density at radius 3 is 2.19 bits per heavy atom. The predicted molar refractivity (Wildman–Crippen MR) is 67.3 cm³/mol. The first-order valence-corrected chi connectivity index (χ1v) is 5.77. The highest BCUT2D eigenvalue weighted by molar-refractivity contribution is 5.51. The topological polar surface area (TPSA) is 29.5 Å². The number of phenolic OH excluding ortho intramolecular Hbond substituents is 1. The van der Waals surface area contributed by atoms with Gasteiger partial charge in [0.15, 0.2) is 0 Å². The molecule has 16 heavy (non-hydrogen) atoms. The minimum absolute atomic E-state index is 0.209. The first kappa shape index (κ1) is 12.9. The molecule has 90 valence electrons. The number of hydrogen-bond acceptors (Lipinski definition) is 2. The van der Waals surface area contributed by atoms with Gasteiger partial charge in [-0.3, -0.25) is 0 Å². The molecule has 1 aromatic carbocycles. The molecule has 0 atom stereocenters. The van der Waals surface area contributed by atoms with Crippen LogP contribution in [0.25, 0.3) is 0 Å². The van der Waals surface area contributed by atoms with Crippen molar-refractivity contribution < 1.29 is 9.84 Å². The van der Waals surface area contributed by atoms with Gasteiger partial charge in [-0.1, -0.05) is 6.92 Å². The maximum atomic E-state index is 9.95. The lowest BCUT2D eigenvalue weighted by Crippen LogP contribution is -2.23. The molecule has 0 saturated heterocycles. The van der Waals surface area contributed by atoms with E-state index in [2.05, 4.69) is 0 Å². The zero-order chi connectivity index (χ0) is 12.5. The molecule has 0 spiro atoms. The number of phenols is 1. The zero-order valence-electron chi connectivity index (χ0n) is 11.1. The number of ether oxygens (including phenoxy) is 1. The highest BCUT2D eigenvalue weighted by Gasteiger charge is 2.17. The van der Waals surface area contributed by atoms with Crippen LogP contribution in [-0.4, -0.2) is 10.7 Å². The van der Waals surface area contributed by atoms with E-state index in [-0.39, 0.29) is 5.60 Å². The maximum absolute atomic E-state index is 9.95. The van der Waals surface area contributed by atoms with Gasteiger partial charge in [-0.15, -0.1) is 0 Å². The van der Waals surface area contributed by atoms with Gasteiger partial charge in [0.25, 0.3) is 0 Å². The van der Waals surface area contributed by atoms with Crippen LogP contribution in [-0.2, 0) is 6.42 Å². The molecule has 0 saturated carbocycles. The van der Waals surface area contributed by atoms with Gasteiger partial charge >= 0.3 is 0 Å². The second kappa shape index (κ2) is 4.36. The average Bonchev–Trinajstić information content (AvgIpc) is 2.17. The molecule has 1 N–H and O–H groups in total. The fraction of sp³-hybridized carbons (Fsp3) is 0.571. The van der Waals surface area contributed by atoms with Crippen LogP contribution in [0.5, 0.6) is 11.5 Å². The summed E-state index contributed by atoms with van der Waals surface area (Å²) in [5.41, 5.74) is 2.67. The lowest BCUT2D eigenvalue weighted by atomic mass is 10.0. The van der Waals surface area contributed by atoms with E-state index in [0.717, 1.165) is 28.9 Å². The molecule has 0 aliphatic heterocycles. The van der Waals surface area contributed by atoms with Crippen LogP contribution >= 0.6 is 0 Å². The monoisotopic (exact) mass is 222 g/mol. The first-order valence-electron chi connectivity index (χ1n) is 5.77. The summed E-state index contributed by atoms with van der Waals surface area (Å²) in [6, 6.07) is 1.95. The summed E-state index contributed by atoms with van der Waals surface area (Å²) < 4.78 is 5.90. The van der Waals surface area contributed by atoms with Gasteiger partial charge in [0.1, 0.15) is 17.1 Å². The summed E-state index contributed by atoms with van der Waals surface area (Å²) in [6.07, 6.45) is 0.813. The Balaban J connectivity index is 3.25. The van der Waals surface area contributed by atoms with Gasteiger partial charge in [0, 0.05) is 0 Å². The quantitative estimate of drug-likeness (QED) is 0.825. The van der Waals surface area contributed by atoms with Gasteiger partial charge in [0.05, 0.1) is 0 Å². The maximum Gasteiger partial charge on any atom is 0.123 e. The van der Waals surface area contributed by atoms with Crippen molar-refractivity contribution >= 4 is 0 Å². The fourth-order valence-corrected chi connectivity index (χ4v) is 1.64. The van der Waals surface area contributed by atoms with Gasteiger partial charge < -0.3 is 9.84 Å². The van der Waals surface area contributed by atoms with Gasteiger partial charge in [-0.25, -0.2) is 0 Å². The minimum Gasteiger partial charge on any atom is -0.507 e. The zero-order valence-corrected chi connectivity index (χ0v) is 11.1. The molecule has 0 fully saturated rings. The SMILES string of the molecule is CCc1cc(OC(C)(C)C)c(C)c(C)c1O. The second-order valence-corrected chi connectivity index (χ2v) is 5.20. The molecular formula is C14H22O2. The number of aromatic hydroxyl groups is 1. The summed E-state index contributed by atoms with van der Waals surface area (Å²) in [5.74, 6) is 1.28. The normalized spacial score (nSPS) is 11.6. The fourth-order valence-electron chi connectivity index (χ4n) is 1.64. The van der Waals surface area contributed by atoms with Crippen molar-refractivity contribution in [2.45, 2.75) is 53.6 Å². The van der Waals surface area contributed by atoms with Crippen LogP contribution < -0.4 is 4.74 Å². The largest absolute Gasteiger partial charge is 0.507 e. The van der Waals surface area contributed by atoms with Crippen molar-refractivity contribution in [2.24, 2.45) is 0 Å². The molecule has 0 aromatic heterocycles. The van der Waals surface area contributed by atoms with Crippen LogP contribution in [0.4, 0.5) is 0 Å². The van der Waals surface area contributed by atoms with Crippen LogP contribution in [0.2, 0.25) is 0 Å². The van der Waals surface area contributed by atoms with Gasteiger partial charge in [-0.05, 0) is 63.8 Å². The van der Waals surface area contributed by atoms with E-state index < -0.39 is 0 Å². The van der Waals surface area contributed by atoms with Crippen molar-refractivity contribution in [2.75, 3.05) is 0 Å². The van der Waals surface area contributed by atoms with Crippen molar-refractivity contribution in [3.8, 4) is 11.5 Å². The van der Waals surface area contributed by atoms with Crippen molar-refractivity contribution in [3.63, 3.8) is 0 Å². The second-order valence-electron chi connectivity index (χ2n) is 5.20. The molecule has 0 radical (unpaired) electrons. The van der Waals surface area contributed by atoms with Crippen LogP contribution in [0.3, 0.4) is 0 Å². The third kappa shape index (κ3) is 2.69. The minimum atomic E-state index is -0.209. The Morgan fingerprint density at radius 1 is 1.19 bits per heavy atom. The van der Waals surface area contributed by atoms with E-state index in [9.17, 15) is 5.11 Å². The van der Waals surface area contributed by atoms with Crippen molar-refractivity contribution in [3.05, 3.63) is 22.8 Å². The van der Waals surface area contributed by atoms with E-state index in [0.29, 0.717) is 5.75 Å². The van der Waals surface area contributed by atoms with Crippen molar-refractivity contribution in [1.82, 2.24) is 0 Å². The Labute approximate surface area is 98.3 Å². The molecule has 1 aromatic rings. The van der Waals surface area contributed by atoms with Crippen molar-refractivity contribution in [1.29, 1.82) is 0 Å². The molecule has 2 nitrogen and oxygen atoms in total. The molecule has 0 aliphatic rings. The number of hydrogen-bond donors (Lipinski definition) is 1. The molecule has 2 heteroatoms. The van der Waals surface area contributed by atoms with Gasteiger partial charge in [0.2, 0.25) is 0 Å². The Bertz CT molecular complexity index is 387. The lowest BCUT2D eigenvalue weighted by Gasteiger charge is -2.24. The summed E-state index contributed by atoms with van der Waals surface area (Å²) in [7, 11) is 0. The van der Waals surface area contributed by atoms with E-state index >= 15 is 0 Å². The smallest absolute Gasteiger partial charge is 0.123 e. The average molecular weight is 222 g/mol. The van der Waals surface area contributed by atoms with E-state index in [1.54, 1.807) is 0 Å². The molecule has 0 bridgehead atoms. The van der Waals surface area contributed by atoms with Crippen LogP contribution in [0.1, 0.15) is 44.4 Å². The third-order valence-corrected chi connectivity index (χ3v) is 2.69. The summed E-state index contributed by atoms with van der Waals surface area (Å²) in [6.45, 7) is 12.0. The number of aryl methyl sites for hydroxylation is 1. The predicted octanol–water partition coefficient (Wildman–Crippen LogP) is 3.75. The number of rotatable bonds is 2. The summed E-state index contributed by atoms with van der Waals surface area (Å²) in [5, 5.41) is 9.95. The van der Waals surface area contributed by atoms with E-state index in [1.807, 2.05) is 47.6 Å². The molecule has 1 rings (SSSR count). The standard InChI is InChI=1S/C14H22O2/c1-7-11-8-12(16-14(4,5)6)9(2)10(3)13(11)15/h8,15H,7H2,1-6H3. The Kier molecular flexibility index (Phi) is 3.51. The summed E-state index contributed by atoms with van der Waals surface area (Å²) >= 11 is 0. The number of benzene rings is 1. The third-order valence-electron chi connectivity index (χ3n) is 2.69. The Hall–Kier alpha value is -1.18. The first-order chi connectivity index (χ1) is 7.26. The van der Waals surface area contributed by atoms with E-state index in [1.165, 1.54) is 0 Å². The molecule has 0 aliphatic carbocycles. The molecule has 0 heterocycles. The van der Waals surface area contributed by atoms with Crippen LogP contribution in [0.15, 0.2) is 6.07 Å². The highest BCUT2D eigenvalue weighted by Crippen LogP contribution is 2.34.